The summed E-state index contributed by atoms with van der Waals surface area (Å²) in [5, 5.41) is 0. The van der Waals surface area contributed by atoms with Crippen LogP contribution >= 0.6 is 0 Å². The Morgan fingerprint density at radius 1 is 0.932 bits per heavy atom. The van der Waals surface area contributed by atoms with Gasteiger partial charge in [0.15, 0.2) is 0 Å². The van der Waals surface area contributed by atoms with Gasteiger partial charge >= 0.3 is 12.1 Å². The summed E-state index contributed by atoms with van der Waals surface area (Å²) in [6.45, 7) is 12.7. The fourth-order valence-corrected chi connectivity index (χ4v) is 5.53. The van der Waals surface area contributed by atoms with E-state index in [4.69, 9.17) is 19.9 Å². The van der Waals surface area contributed by atoms with Crippen LogP contribution in [-0.2, 0) is 32.2 Å². The average molecular weight is 608 g/mol. The standard InChI is InChI=1S/C34H45N3O7/c1-33(2,3)43-31(40)27(14-15-29(35)38)37-20-26-25(30(37)39)8-7-9-28(26)42-21-22-10-12-23(13-11-22)24-16-18-36(19-17-24)32(41)44-34(4,5)6/h7-13,24,27H,14-21H2,1-6H3,(H2,35,38). The Kier molecular flexibility index (Phi) is 9.91. The largest absolute Gasteiger partial charge is 0.489 e. The number of ether oxygens (including phenoxy) is 3. The van der Waals surface area contributed by atoms with Gasteiger partial charge in [0.25, 0.3) is 5.91 Å². The summed E-state index contributed by atoms with van der Waals surface area (Å²) in [4.78, 5) is 53.6. The molecule has 4 rings (SSSR count). The highest BCUT2D eigenvalue weighted by Crippen LogP contribution is 2.34. The number of fused-ring (bicyclic) bond motifs is 1. The second kappa shape index (κ2) is 13.3. The van der Waals surface area contributed by atoms with E-state index in [0.29, 0.717) is 42.5 Å². The van der Waals surface area contributed by atoms with Crippen LogP contribution in [0.4, 0.5) is 4.79 Å². The number of amides is 3. The molecule has 0 saturated carbocycles. The number of hydrogen-bond donors (Lipinski definition) is 1. The number of piperidine rings is 1. The lowest BCUT2D eigenvalue weighted by Gasteiger charge is -2.33. The van der Waals surface area contributed by atoms with Crippen LogP contribution in [0.15, 0.2) is 42.5 Å². The van der Waals surface area contributed by atoms with Crippen LogP contribution in [0, 0.1) is 0 Å². The highest BCUT2D eigenvalue weighted by atomic mass is 16.6. The van der Waals surface area contributed by atoms with E-state index in [2.05, 4.69) is 12.1 Å². The van der Waals surface area contributed by atoms with E-state index in [-0.39, 0.29) is 31.4 Å². The molecule has 0 aliphatic carbocycles. The van der Waals surface area contributed by atoms with Gasteiger partial charge in [-0.2, -0.15) is 0 Å². The Labute approximate surface area is 259 Å². The Balaban J connectivity index is 1.38. The topological polar surface area (TPSA) is 128 Å². The molecule has 10 nitrogen and oxygen atoms in total. The highest BCUT2D eigenvalue weighted by Gasteiger charge is 2.39. The van der Waals surface area contributed by atoms with Crippen molar-refractivity contribution in [1.82, 2.24) is 9.80 Å². The second-order valence-electron chi connectivity index (χ2n) is 13.5. The monoisotopic (exact) mass is 607 g/mol. The number of nitrogens with two attached hydrogens (primary N) is 1. The van der Waals surface area contributed by atoms with Crippen LogP contribution in [0.1, 0.15) is 100 Å². The van der Waals surface area contributed by atoms with Crippen molar-refractivity contribution in [1.29, 1.82) is 0 Å². The van der Waals surface area contributed by atoms with Crippen molar-refractivity contribution >= 4 is 23.9 Å². The molecule has 0 bridgehead atoms. The van der Waals surface area contributed by atoms with Gasteiger partial charge in [0, 0.05) is 30.6 Å². The number of likely N-dealkylation sites (tertiary alicyclic amines) is 1. The third-order valence-electron chi connectivity index (χ3n) is 7.66. The van der Waals surface area contributed by atoms with Gasteiger partial charge in [0.1, 0.15) is 29.6 Å². The van der Waals surface area contributed by atoms with Crippen LogP contribution < -0.4 is 10.5 Å². The number of rotatable bonds is 9. The molecule has 238 valence electrons. The Hall–Kier alpha value is -4.08. The smallest absolute Gasteiger partial charge is 0.410 e. The molecule has 1 fully saturated rings. The van der Waals surface area contributed by atoms with E-state index in [0.717, 1.165) is 18.4 Å². The molecular weight excluding hydrogens is 562 g/mol. The Bertz CT molecular complexity index is 1370. The number of esters is 1. The molecular formula is C34H45N3O7. The van der Waals surface area contributed by atoms with E-state index in [1.165, 1.54) is 10.5 Å². The number of nitrogens with zero attached hydrogens (tertiary/aromatic N) is 2. The fourth-order valence-electron chi connectivity index (χ4n) is 5.53. The number of benzene rings is 2. The predicted molar refractivity (Wildman–Crippen MR) is 165 cm³/mol. The first-order valence-electron chi connectivity index (χ1n) is 15.2. The molecule has 0 radical (unpaired) electrons. The Morgan fingerprint density at radius 3 is 2.16 bits per heavy atom. The maximum absolute atomic E-state index is 13.4. The normalized spacial score (nSPS) is 16.4. The molecule has 0 spiro atoms. The molecule has 0 aromatic heterocycles. The minimum atomic E-state index is -0.946. The zero-order chi connectivity index (χ0) is 32.2. The van der Waals surface area contributed by atoms with Crippen LogP contribution in [0.5, 0.6) is 5.75 Å². The Morgan fingerprint density at radius 2 is 1.57 bits per heavy atom. The molecule has 2 N–H and O–H groups in total. The van der Waals surface area contributed by atoms with Gasteiger partial charge in [0.05, 0.1) is 6.54 Å². The van der Waals surface area contributed by atoms with E-state index >= 15 is 0 Å². The van der Waals surface area contributed by atoms with Gasteiger partial charge in [-0.05, 0) is 90.0 Å². The van der Waals surface area contributed by atoms with Gasteiger partial charge in [-0.15, -0.1) is 0 Å². The maximum Gasteiger partial charge on any atom is 0.410 e. The summed E-state index contributed by atoms with van der Waals surface area (Å²) in [7, 11) is 0. The van der Waals surface area contributed by atoms with Gasteiger partial charge in [-0.3, -0.25) is 9.59 Å². The van der Waals surface area contributed by atoms with E-state index in [1.807, 2.05) is 39.0 Å². The van der Waals surface area contributed by atoms with Gasteiger partial charge in [-0.25, -0.2) is 9.59 Å². The molecule has 44 heavy (non-hydrogen) atoms. The number of carbonyl (C=O) groups excluding carboxylic acids is 4. The molecule has 2 heterocycles. The van der Waals surface area contributed by atoms with Crippen molar-refractivity contribution in [2.75, 3.05) is 13.1 Å². The molecule has 1 unspecified atom stereocenters. The van der Waals surface area contributed by atoms with Gasteiger partial charge in [0.2, 0.25) is 5.91 Å². The summed E-state index contributed by atoms with van der Waals surface area (Å²) in [5.74, 6) is -0.504. The first-order valence-corrected chi connectivity index (χ1v) is 15.2. The quantitative estimate of drug-likeness (QED) is 0.383. The van der Waals surface area contributed by atoms with Crippen LogP contribution in [-0.4, -0.2) is 64.0 Å². The van der Waals surface area contributed by atoms with E-state index in [1.54, 1.807) is 37.8 Å². The highest BCUT2D eigenvalue weighted by molar-refractivity contribution is 6.01. The molecule has 10 heteroatoms. The van der Waals surface area contributed by atoms with Gasteiger partial charge in [-0.1, -0.05) is 30.3 Å². The lowest BCUT2D eigenvalue weighted by atomic mass is 9.89. The molecule has 1 atom stereocenters. The zero-order valence-electron chi connectivity index (χ0n) is 26.7. The fraction of sp³-hybridized carbons (Fsp3) is 0.529. The number of primary amides is 1. The summed E-state index contributed by atoms with van der Waals surface area (Å²) in [5.41, 5.74) is 7.46. The summed E-state index contributed by atoms with van der Waals surface area (Å²) < 4.78 is 17.3. The molecule has 2 aromatic carbocycles. The van der Waals surface area contributed by atoms with Crippen molar-refractivity contribution in [2.24, 2.45) is 5.73 Å². The van der Waals surface area contributed by atoms with Crippen molar-refractivity contribution in [3.8, 4) is 5.75 Å². The molecule has 2 aromatic rings. The SMILES string of the molecule is CC(C)(C)OC(=O)C(CCC(N)=O)N1Cc2c(OCc3ccc(C4CCN(C(=O)OC(C)(C)C)CC4)cc3)cccc2C1=O. The molecule has 2 aliphatic heterocycles. The lowest BCUT2D eigenvalue weighted by molar-refractivity contribution is -0.160. The predicted octanol–water partition coefficient (Wildman–Crippen LogP) is 5.31. The first kappa shape index (κ1) is 32.8. The minimum Gasteiger partial charge on any atom is -0.489 e. The van der Waals surface area contributed by atoms with E-state index in [9.17, 15) is 19.2 Å². The number of carbonyl (C=O) groups is 4. The van der Waals surface area contributed by atoms with Crippen molar-refractivity contribution < 1.29 is 33.4 Å². The molecule has 1 saturated heterocycles. The average Bonchev–Trinajstić information content (AvgIpc) is 3.27. The lowest BCUT2D eigenvalue weighted by Crippen LogP contribution is -2.45. The van der Waals surface area contributed by atoms with Crippen LogP contribution in [0.25, 0.3) is 0 Å². The minimum absolute atomic E-state index is 0.0494. The van der Waals surface area contributed by atoms with Crippen molar-refractivity contribution in [2.45, 2.75) is 104 Å². The van der Waals surface area contributed by atoms with Crippen molar-refractivity contribution in [3.63, 3.8) is 0 Å². The summed E-state index contributed by atoms with van der Waals surface area (Å²) in [6.07, 6.45) is 1.52. The van der Waals surface area contributed by atoms with Gasteiger partial charge < -0.3 is 29.7 Å². The summed E-state index contributed by atoms with van der Waals surface area (Å²) >= 11 is 0. The van der Waals surface area contributed by atoms with Crippen LogP contribution in [0.3, 0.4) is 0 Å². The summed E-state index contributed by atoms with van der Waals surface area (Å²) in [6, 6.07) is 12.6. The zero-order valence-corrected chi connectivity index (χ0v) is 26.7. The second-order valence-corrected chi connectivity index (χ2v) is 13.5. The van der Waals surface area contributed by atoms with Crippen molar-refractivity contribution in [3.05, 3.63) is 64.7 Å². The molecule has 2 aliphatic rings. The van der Waals surface area contributed by atoms with Crippen LogP contribution in [0.2, 0.25) is 0 Å². The third-order valence-corrected chi connectivity index (χ3v) is 7.66. The number of hydrogen-bond acceptors (Lipinski definition) is 7. The third kappa shape index (κ3) is 8.51. The van der Waals surface area contributed by atoms with E-state index < -0.39 is 29.1 Å². The maximum atomic E-state index is 13.4. The first-order chi connectivity index (χ1) is 20.6. The molecule has 3 amide bonds.